The molecule has 258 valence electrons. The molecule has 0 saturated carbocycles. The fourth-order valence-corrected chi connectivity index (χ4v) is 8.68. The van der Waals surface area contributed by atoms with E-state index in [0.717, 1.165) is 27.1 Å². The molecule has 0 aromatic heterocycles. The molecule has 2 unspecified atom stereocenters. The first-order chi connectivity index (χ1) is 26.1. The molecule has 0 saturated heterocycles. The van der Waals surface area contributed by atoms with Crippen molar-refractivity contribution in [1.82, 2.24) is 0 Å². The fourth-order valence-electron chi connectivity index (χ4n) is 8.68. The van der Waals surface area contributed by atoms with Gasteiger partial charge in [-0.15, -0.1) is 0 Å². The molecule has 2 aliphatic carbocycles. The highest BCUT2D eigenvalue weighted by molar-refractivity contribution is 6.42. The lowest BCUT2D eigenvalue weighted by Gasteiger charge is -2.33. The van der Waals surface area contributed by atoms with Crippen molar-refractivity contribution in [3.63, 3.8) is 0 Å². The van der Waals surface area contributed by atoms with Crippen LogP contribution in [0.1, 0.15) is 42.4 Å². The number of benzene rings is 7. The molecule has 5 N–H and O–H groups in total. The second-order valence-electron chi connectivity index (χ2n) is 14.6. The number of aromatic hydroxyl groups is 5. The van der Waals surface area contributed by atoms with Crippen molar-refractivity contribution in [2.45, 2.75) is 31.1 Å². The van der Waals surface area contributed by atoms with Crippen molar-refractivity contribution in [2.75, 3.05) is 0 Å². The lowest BCUT2D eigenvalue weighted by Crippen LogP contribution is -2.28. The SMILES string of the molecule is [B]c1c(C2(C)C=CC=CC2)c(O)c2c(-c3cccc4ccccc34)c3c(O)c([B])c(O)c(O)c3c(C3=CCC(c4ccc5ccccc5c4)C=C3)c2c1O. The Morgan fingerprint density at radius 2 is 1.30 bits per heavy atom. The lowest BCUT2D eigenvalue weighted by atomic mass is 9.68. The summed E-state index contributed by atoms with van der Waals surface area (Å²) in [5.74, 6) is -2.17. The van der Waals surface area contributed by atoms with E-state index in [4.69, 9.17) is 15.7 Å². The van der Waals surface area contributed by atoms with Gasteiger partial charge in [-0.3, -0.25) is 0 Å². The molecular weight excluding hydrogens is 666 g/mol. The van der Waals surface area contributed by atoms with Crippen LogP contribution in [-0.2, 0) is 5.41 Å². The summed E-state index contributed by atoms with van der Waals surface area (Å²) in [6.07, 6.45) is 14.8. The average Bonchev–Trinajstić information content (AvgIpc) is 3.20. The van der Waals surface area contributed by atoms with Gasteiger partial charge in [0, 0.05) is 49.6 Å². The van der Waals surface area contributed by atoms with Gasteiger partial charge in [-0.2, -0.15) is 0 Å². The zero-order valence-corrected chi connectivity index (χ0v) is 29.5. The zero-order chi connectivity index (χ0) is 37.5. The summed E-state index contributed by atoms with van der Waals surface area (Å²) >= 11 is 0. The predicted octanol–water partition coefficient (Wildman–Crippen LogP) is 8.98. The van der Waals surface area contributed by atoms with E-state index in [-0.39, 0.29) is 50.0 Å². The van der Waals surface area contributed by atoms with Gasteiger partial charge in [-0.25, -0.2) is 0 Å². The van der Waals surface area contributed by atoms with Crippen molar-refractivity contribution in [3.8, 4) is 39.9 Å². The Kier molecular flexibility index (Phi) is 7.68. The van der Waals surface area contributed by atoms with Crippen LogP contribution in [0.5, 0.6) is 28.7 Å². The number of hydrogen-bond donors (Lipinski definition) is 5. The van der Waals surface area contributed by atoms with Crippen LogP contribution >= 0.6 is 0 Å². The first-order valence-corrected chi connectivity index (χ1v) is 18.0. The topological polar surface area (TPSA) is 101 Å². The molecule has 7 heteroatoms. The number of rotatable bonds is 4. The molecule has 2 aliphatic rings. The average molecular weight is 700 g/mol. The minimum atomic E-state index is -0.797. The van der Waals surface area contributed by atoms with Crippen LogP contribution in [0.4, 0.5) is 0 Å². The monoisotopic (exact) mass is 700 g/mol. The van der Waals surface area contributed by atoms with Crippen LogP contribution < -0.4 is 10.9 Å². The first-order valence-electron chi connectivity index (χ1n) is 18.0. The van der Waals surface area contributed by atoms with Gasteiger partial charge in [-0.1, -0.05) is 134 Å². The van der Waals surface area contributed by atoms with Crippen LogP contribution in [0.2, 0.25) is 0 Å². The largest absolute Gasteiger partial charge is 0.508 e. The maximum Gasteiger partial charge on any atom is 0.165 e. The Morgan fingerprint density at radius 3 is 2.04 bits per heavy atom. The summed E-state index contributed by atoms with van der Waals surface area (Å²) in [4.78, 5) is 0. The third kappa shape index (κ3) is 4.88. The summed E-state index contributed by atoms with van der Waals surface area (Å²) in [5.41, 5.74) is 2.05. The fraction of sp³-hybridized carbons (Fsp3) is 0.106. The molecule has 0 amide bonds. The van der Waals surface area contributed by atoms with E-state index in [1.807, 2.05) is 98.0 Å². The van der Waals surface area contributed by atoms with Crippen LogP contribution in [0.25, 0.3) is 59.8 Å². The Bertz CT molecular complexity index is 2880. The summed E-state index contributed by atoms with van der Waals surface area (Å²) in [7, 11) is 13.2. The molecule has 0 fully saturated rings. The molecule has 0 bridgehead atoms. The molecule has 0 heterocycles. The first kappa shape index (κ1) is 33.5. The van der Waals surface area contributed by atoms with Crippen molar-refractivity contribution in [1.29, 1.82) is 0 Å². The Hall–Kier alpha value is -6.33. The minimum Gasteiger partial charge on any atom is -0.508 e. The highest BCUT2D eigenvalue weighted by Crippen LogP contribution is 2.56. The Morgan fingerprint density at radius 1 is 0.630 bits per heavy atom. The molecule has 2 atom stereocenters. The quantitative estimate of drug-likeness (QED) is 0.0547. The third-order valence-electron chi connectivity index (χ3n) is 11.4. The van der Waals surface area contributed by atoms with E-state index in [2.05, 4.69) is 36.4 Å². The predicted molar refractivity (Wildman–Crippen MR) is 222 cm³/mol. The smallest absolute Gasteiger partial charge is 0.165 e. The molecule has 54 heavy (non-hydrogen) atoms. The molecule has 0 spiro atoms. The number of hydrogen-bond acceptors (Lipinski definition) is 5. The van der Waals surface area contributed by atoms with Crippen LogP contribution in [0.15, 0.2) is 127 Å². The minimum absolute atomic E-state index is 0.00951. The van der Waals surface area contributed by atoms with E-state index in [0.29, 0.717) is 35.1 Å². The summed E-state index contributed by atoms with van der Waals surface area (Å²) in [5, 5.41) is 64.8. The van der Waals surface area contributed by atoms with E-state index < -0.39 is 28.1 Å². The Labute approximate surface area is 315 Å². The third-order valence-corrected chi connectivity index (χ3v) is 11.4. The maximum atomic E-state index is 12.7. The van der Waals surface area contributed by atoms with Crippen molar-refractivity contribution in [3.05, 3.63) is 144 Å². The van der Waals surface area contributed by atoms with Gasteiger partial charge in [0.2, 0.25) is 0 Å². The van der Waals surface area contributed by atoms with Crippen LogP contribution in [0, 0.1) is 0 Å². The summed E-state index contributed by atoms with van der Waals surface area (Å²) in [6.45, 7) is 1.95. The molecule has 5 nitrogen and oxygen atoms in total. The highest BCUT2D eigenvalue weighted by Gasteiger charge is 2.36. The standard InChI is InChI=1S/C47H34B2O5/c1-47(22-7-2-8-23-47)39-40(48)43(51)35-33(28-19-16-26(17-20-28)30-21-18-25-10-3-4-12-29(25)24-30)36-38(44(52)41(49)46(54)45(36)53)34(37(35)42(39)50)32-15-9-13-27-11-5-6-14-31(27)32/h2-16,18-22,24,26,50-54H,17,23H2,1H3. The molecule has 7 aromatic carbocycles. The van der Waals surface area contributed by atoms with E-state index >= 15 is 0 Å². The second kappa shape index (κ2) is 12.4. The van der Waals surface area contributed by atoms with E-state index in [9.17, 15) is 25.5 Å². The molecule has 7 aromatic rings. The number of phenols is 5. The molecule has 9 rings (SSSR count). The van der Waals surface area contributed by atoms with E-state index in [1.165, 1.54) is 0 Å². The lowest BCUT2D eigenvalue weighted by molar-refractivity contribution is 0.406. The molecule has 0 aliphatic heterocycles. The van der Waals surface area contributed by atoms with Gasteiger partial charge in [0.1, 0.15) is 32.9 Å². The normalized spacial score (nSPS) is 18.2. The highest BCUT2D eigenvalue weighted by atomic mass is 16.3. The molecular formula is C47H34B2O5. The van der Waals surface area contributed by atoms with Gasteiger partial charge < -0.3 is 25.5 Å². The van der Waals surface area contributed by atoms with Crippen molar-refractivity contribution in [2.24, 2.45) is 0 Å². The number of allylic oxidation sites excluding steroid dienone is 8. The van der Waals surface area contributed by atoms with Crippen molar-refractivity contribution >= 4 is 75.3 Å². The summed E-state index contributed by atoms with van der Waals surface area (Å²) < 4.78 is 0. The maximum absolute atomic E-state index is 12.7. The number of phenolic OH excluding ortho intramolecular Hbond substituents is 5. The second-order valence-corrected chi connectivity index (χ2v) is 14.6. The van der Waals surface area contributed by atoms with Gasteiger partial charge in [0.15, 0.2) is 11.5 Å². The molecule has 4 radical (unpaired) electrons. The van der Waals surface area contributed by atoms with Gasteiger partial charge in [0.05, 0.1) is 0 Å². The van der Waals surface area contributed by atoms with Crippen LogP contribution in [0.3, 0.4) is 0 Å². The van der Waals surface area contributed by atoms with E-state index in [1.54, 1.807) is 0 Å². The Balaban J connectivity index is 1.42. The number of fused-ring (bicyclic) bond motifs is 4. The van der Waals surface area contributed by atoms with Crippen LogP contribution in [-0.4, -0.2) is 41.2 Å². The summed E-state index contributed by atoms with van der Waals surface area (Å²) in [6, 6.07) is 28.0. The van der Waals surface area contributed by atoms with Crippen molar-refractivity contribution < 1.29 is 25.5 Å². The van der Waals surface area contributed by atoms with Gasteiger partial charge in [0.25, 0.3) is 0 Å². The van der Waals surface area contributed by atoms with Gasteiger partial charge >= 0.3 is 0 Å². The van der Waals surface area contributed by atoms with Gasteiger partial charge in [-0.05, 0) is 62.0 Å². The zero-order valence-electron chi connectivity index (χ0n) is 29.5.